The highest BCUT2D eigenvalue weighted by Crippen LogP contribution is 2.25. The molecule has 0 amide bonds. The zero-order chi connectivity index (χ0) is 14.6. The van der Waals surface area contributed by atoms with Gasteiger partial charge in [-0.15, -0.1) is 0 Å². The average molecular weight is 272 g/mol. The largest absolute Gasteiger partial charge is 0.477 e. The first-order valence-electron chi connectivity index (χ1n) is 6.19. The Labute approximate surface area is 116 Å². The minimum atomic E-state index is -1.08. The molecule has 5 nitrogen and oxygen atoms in total. The number of carboxylic acids is 1. The lowest BCUT2D eigenvalue weighted by molar-refractivity contribution is 0.0690. The number of hydrogen-bond acceptors (Lipinski definition) is 4. The number of nitrogens with zero attached hydrogens (tertiary/aromatic N) is 1. The molecule has 0 spiro atoms. The van der Waals surface area contributed by atoms with Gasteiger partial charge in [0, 0.05) is 11.9 Å². The van der Waals surface area contributed by atoms with Gasteiger partial charge in [-0.2, -0.15) is 0 Å². The number of nitrogens with one attached hydrogen (secondary N) is 1. The van der Waals surface area contributed by atoms with Gasteiger partial charge < -0.3 is 15.5 Å². The van der Waals surface area contributed by atoms with Crippen molar-refractivity contribution in [3.63, 3.8) is 0 Å². The van der Waals surface area contributed by atoms with Crippen molar-refractivity contribution in [3.8, 4) is 0 Å². The molecule has 5 heteroatoms. The molecular weight excluding hydrogens is 256 g/mol. The minimum Gasteiger partial charge on any atom is -0.477 e. The third kappa shape index (κ3) is 2.95. The van der Waals surface area contributed by atoms with E-state index in [2.05, 4.69) is 10.3 Å². The molecule has 0 aliphatic carbocycles. The van der Waals surface area contributed by atoms with E-state index in [1.54, 1.807) is 6.07 Å². The monoisotopic (exact) mass is 272 g/mol. The normalized spacial score (nSPS) is 13.5. The Morgan fingerprint density at radius 3 is 2.60 bits per heavy atom. The van der Waals surface area contributed by atoms with E-state index in [-0.39, 0.29) is 12.3 Å². The lowest BCUT2D eigenvalue weighted by Crippen LogP contribution is -2.35. The molecule has 0 saturated heterocycles. The van der Waals surface area contributed by atoms with Crippen molar-refractivity contribution in [2.24, 2.45) is 0 Å². The number of aliphatic hydroxyl groups is 1. The molecule has 0 saturated carbocycles. The fraction of sp³-hybridized carbons (Fsp3) is 0.200. The second kappa shape index (κ2) is 5.71. The predicted octanol–water partition coefficient (Wildman–Crippen LogP) is 2.10. The van der Waals surface area contributed by atoms with Gasteiger partial charge in [0.15, 0.2) is 0 Å². The molecule has 20 heavy (non-hydrogen) atoms. The Morgan fingerprint density at radius 2 is 2.00 bits per heavy atom. The number of benzene rings is 1. The van der Waals surface area contributed by atoms with Crippen LogP contribution in [0.1, 0.15) is 23.0 Å². The second-order valence-corrected chi connectivity index (χ2v) is 4.72. The van der Waals surface area contributed by atoms with Crippen LogP contribution >= 0.6 is 0 Å². The molecule has 1 aromatic carbocycles. The molecule has 0 fully saturated rings. The summed E-state index contributed by atoms with van der Waals surface area (Å²) in [5, 5.41) is 21.8. The number of rotatable bonds is 5. The molecule has 2 rings (SSSR count). The number of carbonyl (C=O) groups is 1. The van der Waals surface area contributed by atoms with Gasteiger partial charge >= 0.3 is 5.97 Å². The Bertz CT molecular complexity index is 601. The highest BCUT2D eigenvalue weighted by molar-refractivity contribution is 5.86. The molecule has 2 aromatic rings. The number of aliphatic hydroxyl groups excluding tert-OH is 1. The van der Waals surface area contributed by atoms with Crippen LogP contribution in [0.2, 0.25) is 0 Å². The van der Waals surface area contributed by atoms with E-state index < -0.39 is 11.5 Å². The van der Waals surface area contributed by atoms with Crippen molar-refractivity contribution in [1.29, 1.82) is 0 Å². The molecule has 1 aromatic heterocycles. The van der Waals surface area contributed by atoms with Crippen molar-refractivity contribution < 1.29 is 15.0 Å². The van der Waals surface area contributed by atoms with Gasteiger partial charge in [0.05, 0.1) is 12.1 Å². The SMILES string of the molecule is CC(CO)(Nc1ccnc(C(=O)O)c1)c1ccccc1. The fourth-order valence-corrected chi connectivity index (χ4v) is 1.95. The van der Waals surface area contributed by atoms with Gasteiger partial charge in [0.25, 0.3) is 0 Å². The first-order valence-corrected chi connectivity index (χ1v) is 6.19. The van der Waals surface area contributed by atoms with Gasteiger partial charge in [0.1, 0.15) is 5.69 Å². The van der Waals surface area contributed by atoms with E-state index in [0.29, 0.717) is 5.69 Å². The topological polar surface area (TPSA) is 82.5 Å². The van der Waals surface area contributed by atoms with Crippen molar-refractivity contribution in [1.82, 2.24) is 4.98 Å². The Hall–Kier alpha value is -2.40. The molecule has 104 valence electrons. The summed E-state index contributed by atoms with van der Waals surface area (Å²) >= 11 is 0. The maximum absolute atomic E-state index is 10.9. The summed E-state index contributed by atoms with van der Waals surface area (Å²) in [7, 11) is 0. The third-order valence-electron chi connectivity index (χ3n) is 3.13. The number of anilines is 1. The number of carboxylic acid groups (broad SMARTS) is 1. The van der Waals surface area contributed by atoms with Gasteiger partial charge in [-0.05, 0) is 24.6 Å². The van der Waals surface area contributed by atoms with E-state index in [1.165, 1.54) is 12.3 Å². The molecule has 0 bridgehead atoms. The molecule has 3 N–H and O–H groups in total. The Balaban J connectivity index is 2.31. The van der Waals surface area contributed by atoms with Crippen molar-refractivity contribution in [2.45, 2.75) is 12.5 Å². The predicted molar refractivity (Wildman–Crippen MR) is 75.7 cm³/mol. The molecule has 0 aliphatic rings. The van der Waals surface area contributed by atoms with E-state index in [1.807, 2.05) is 37.3 Å². The highest BCUT2D eigenvalue weighted by Gasteiger charge is 2.25. The van der Waals surface area contributed by atoms with Crippen LogP contribution in [0.4, 0.5) is 5.69 Å². The average Bonchev–Trinajstić information content (AvgIpc) is 2.48. The van der Waals surface area contributed by atoms with Crippen LogP contribution in [0.25, 0.3) is 0 Å². The molecule has 1 unspecified atom stereocenters. The van der Waals surface area contributed by atoms with Crippen LogP contribution in [0.3, 0.4) is 0 Å². The number of aromatic nitrogens is 1. The summed E-state index contributed by atoms with van der Waals surface area (Å²) in [6, 6.07) is 12.6. The number of aromatic carboxylic acids is 1. The van der Waals surface area contributed by atoms with Gasteiger partial charge in [-0.1, -0.05) is 30.3 Å². The molecular formula is C15H16N2O3. The van der Waals surface area contributed by atoms with E-state index in [0.717, 1.165) is 5.56 Å². The smallest absolute Gasteiger partial charge is 0.354 e. The van der Waals surface area contributed by atoms with Crippen LogP contribution in [0.5, 0.6) is 0 Å². The van der Waals surface area contributed by atoms with E-state index >= 15 is 0 Å². The number of hydrogen-bond donors (Lipinski definition) is 3. The second-order valence-electron chi connectivity index (χ2n) is 4.72. The fourth-order valence-electron chi connectivity index (χ4n) is 1.95. The summed E-state index contributed by atoms with van der Waals surface area (Å²) in [5.41, 5.74) is 0.774. The summed E-state index contributed by atoms with van der Waals surface area (Å²) < 4.78 is 0. The third-order valence-corrected chi connectivity index (χ3v) is 3.13. The first-order chi connectivity index (χ1) is 9.55. The lowest BCUT2D eigenvalue weighted by atomic mass is 9.92. The first kappa shape index (κ1) is 14.0. The minimum absolute atomic E-state index is 0.0386. The zero-order valence-electron chi connectivity index (χ0n) is 11.1. The molecule has 0 aliphatic heterocycles. The van der Waals surface area contributed by atoms with Crippen molar-refractivity contribution >= 4 is 11.7 Å². The molecule has 0 radical (unpaired) electrons. The summed E-state index contributed by atoms with van der Waals surface area (Å²) in [6.45, 7) is 1.73. The van der Waals surface area contributed by atoms with Crippen LogP contribution in [0, 0.1) is 0 Å². The Morgan fingerprint density at radius 1 is 1.30 bits per heavy atom. The maximum atomic E-state index is 10.9. The summed E-state index contributed by atoms with van der Waals surface area (Å²) in [5.74, 6) is -1.08. The zero-order valence-corrected chi connectivity index (χ0v) is 11.1. The van der Waals surface area contributed by atoms with Gasteiger partial charge in [0.2, 0.25) is 0 Å². The number of pyridine rings is 1. The molecule has 1 heterocycles. The quantitative estimate of drug-likeness (QED) is 0.776. The van der Waals surface area contributed by atoms with Crippen LogP contribution < -0.4 is 5.32 Å². The lowest BCUT2D eigenvalue weighted by Gasteiger charge is -2.30. The van der Waals surface area contributed by atoms with E-state index in [9.17, 15) is 9.90 Å². The van der Waals surface area contributed by atoms with E-state index in [4.69, 9.17) is 5.11 Å². The van der Waals surface area contributed by atoms with Crippen molar-refractivity contribution in [3.05, 3.63) is 59.9 Å². The van der Waals surface area contributed by atoms with Gasteiger partial charge in [-0.3, -0.25) is 0 Å². The Kier molecular flexibility index (Phi) is 4.00. The molecule has 1 atom stereocenters. The van der Waals surface area contributed by atoms with Crippen LogP contribution in [0.15, 0.2) is 48.7 Å². The van der Waals surface area contributed by atoms with Crippen molar-refractivity contribution in [2.75, 3.05) is 11.9 Å². The standard InChI is InChI=1S/C15H16N2O3/c1-15(10-18,11-5-3-2-4-6-11)17-12-7-8-16-13(9-12)14(19)20/h2-9,18H,10H2,1H3,(H,16,17)(H,19,20). The van der Waals surface area contributed by atoms with Crippen LogP contribution in [-0.2, 0) is 5.54 Å². The van der Waals surface area contributed by atoms with Crippen LogP contribution in [-0.4, -0.2) is 27.8 Å². The van der Waals surface area contributed by atoms with Gasteiger partial charge in [-0.25, -0.2) is 9.78 Å². The maximum Gasteiger partial charge on any atom is 0.354 e. The highest BCUT2D eigenvalue weighted by atomic mass is 16.4. The summed E-state index contributed by atoms with van der Waals surface area (Å²) in [4.78, 5) is 14.7. The summed E-state index contributed by atoms with van der Waals surface area (Å²) in [6.07, 6.45) is 1.43.